The smallest absolute Gasteiger partial charge is 0.129 e. The molecule has 0 aliphatic carbocycles. The molecular formula is C12H21NO3. The molecule has 0 amide bonds. The molecule has 1 aromatic rings. The second-order valence-electron chi connectivity index (χ2n) is 4.26. The molecule has 0 radical (unpaired) electrons. The zero-order chi connectivity index (χ0) is 12.0. The third-order valence-electron chi connectivity index (χ3n) is 2.57. The van der Waals surface area contributed by atoms with Crippen molar-refractivity contribution in [2.24, 2.45) is 0 Å². The average Bonchev–Trinajstić information content (AvgIpc) is 2.66. The van der Waals surface area contributed by atoms with Crippen LogP contribution in [0.5, 0.6) is 0 Å². The second-order valence-corrected chi connectivity index (χ2v) is 4.26. The third-order valence-corrected chi connectivity index (χ3v) is 2.57. The Bertz CT molecular complexity index is 307. The van der Waals surface area contributed by atoms with Crippen molar-refractivity contribution >= 4 is 0 Å². The fourth-order valence-electron chi connectivity index (χ4n) is 1.32. The van der Waals surface area contributed by atoms with E-state index in [1.54, 1.807) is 7.11 Å². The van der Waals surface area contributed by atoms with Crippen LogP contribution in [0.15, 0.2) is 16.5 Å². The van der Waals surface area contributed by atoms with Gasteiger partial charge in [0.2, 0.25) is 0 Å². The minimum Gasteiger partial charge on any atom is -0.462 e. The van der Waals surface area contributed by atoms with Crippen molar-refractivity contribution in [1.82, 2.24) is 5.32 Å². The summed E-state index contributed by atoms with van der Waals surface area (Å²) in [6.07, 6.45) is 0.729. The lowest BCUT2D eigenvalue weighted by molar-refractivity contribution is 0.0550. The van der Waals surface area contributed by atoms with Crippen LogP contribution in [0.2, 0.25) is 0 Å². The lowest BCUT2D eigenvalue weighted by Gasteiger charge is -2.21. The van der Waals surface area contributed by atoms with Crippen LogP contribution in [0.25, 0.3) is 0 Å². The minimum absolute atomic E-state index is 0.493. The molecule has 0 bridgehead atoms. The van der Waals surface area contributed by atoms with E-state index in [1.807, 2.05) is 26.0 Å². The molecule has 0 saturated carbocycles. The van der Waals surface area contributed by atoms with Gasteiger partial charge in [-0.1, -0.05) is 6.92 Å². The lowest BCUT2D eigenvalue weighted by Crippen LogP contribution is -2.36. The van der Waals surface area contributed by atoms with Crippen molar-refractivity contribution < 1.29 is 14.3 Å². The number of methoxy groups -OCH3 is 1. The second kappa shape index (κ2) is 6.03. The molecular weight excluding hydrogens is 206 g/mol. The molecule has 1 unspecified atom stereocenters. The zero-order valence-electron chi connectivity index (χ0n) is 10.2. The summed E-state index contributed by atoms with van der Waals surface area (Å²) in [5.41, 5.74) is -0.651. The van der Waals surface area contributed by atoms with E-state index < -0.39 is 5.60 Å². The van der Waals surface area contributed by atoms with E-state index in [1.165, 1.54) is 0 Å². The standard InChI is InChI=1S/C12H21NO3/c1-4-12(2,14)9-13-7-10-5-6-11(16-10)8-15-3/h5-6,13-14H,4,7-9H2,1-3H3. The third kappa shape index (κ3) is 4.35. The summed E-state index contributed by atoms with van der Waals surface area (Å²) >= 11 is 0. The van der Waals surface area contributed by atoms with Crippen LogP contribution in [-0.4, -0.2) is 24.4 Å². The molecule has 1 atom stereocenters. The monoisotopic (exact) mass is 227 g/mol. The number of ether oxygens (including phenoxy) is 1. The molecule has 4 heteroatoms. The first-order valence-electron chi connectivity index (χ1n) is 5.57. The first-order chi connectivity index (χ1) is 7.57. The summed E-state index contributed by atoms with van der Waals surface area (Å²) in [5, 5.41) is 12.9. The zero-order valence-corrected chi connectivity index (χ0v) is 10.2. The van der Waals surface area contributed by atoms with Gasteiger partial charge in [0.25, 0.3) is 0 Å². The number of nitrogens with one attached hydrogen (secondary N) is 1. The number of rotatable bonds is 7. The average molecular weight is 227 g/mol. The van der Waals surface area contributed by atoms with E-state index in [2.05, 4.69) is 5.32 Å². The van der Waals surface area contributed by atoms with Gasteiger partial charge < -0.3 is 19.6 Å². The molecule has 16 heavy (non-hydrogen) atoms. The highest BCUT2D eigenvalue weighted by Gasteiger charge is 2.16. The van der Waals surface area contributed by atoms with E-state index in [0.29, 0.717) is 19.7 Å². The summed E-state index contributed by atoms with van der Waals surface area (Å²) in [6.45, 7) is 5.46. The fourth-order valence-corrected chi connectivity index (χ4v) is 1.32. The molecule has 1 aromatic heterocycles. The first-order valence-corrected chi connectivity index (χ1v) is 5.57. The van der Waals surface area contributed by atoms with Gasteiger partial charge in [-0.2, -0.15) is 0 Å². The Kier molecular flexibility index (Phi) is 4.99. The van der Waals surface area contributed by atoms with Crippen LogP contribution in [0.4, 0.5) is 0 Å². The quantitative estimate of drug-likeness (QED) is 0.744. The molecule has 1 rings (SSSR count). The van der Waals surface area contributed by atoms with E-state index in [4.69, 9.17) is 9.15 Å². The molecule has 4 nitrogen and oxygen atoms in total. The van der Waals surface area contributed by atoms with Crippen LogP contribution in [0.1, 0.15) is 31.8 Å². The minimum atomic E-state index is -0.651. The Hall–Kier alpha value is -0.840. The normalized spacial score (nSPS) is 15.0. The van der Waals surface area contributed by atoms with E-state index in [0.717, 1.165) is 17.9 Å². The van der Waals surface area contributed by atoms with E-state index in [9.17, 15) is 5.11 Å². The van der Waals surface area contributed by atoms with Gasteiger partial charge in [0.1, 0.15) is 18.1 Å². The Labute approximate surface area is 96.6 Å². The lowest BCUT2D eigenvalue weighted by atomic mass is 10.0. The maximum Gasteiger partial charge on any atom is 0.129 e. The van der Waals surface area contributed by atoms with Crippen LogP contribution in [0.3, 0.4) is 0 Å². The van der Waals surface area contributed by atoms with Gasteiger partial charge in [-0.3, -0.25) is 0 Å². The molecule has 2 N–H and O–H groups in total. The van der Waals surface area contributed by atoms with Gasteiger partial charge in [-0.15, -0.1) is 0 Å². The van der Waals surface area contributed by atoms with Crippen molar-refractivity contribution in [3.63, 3.8) is 0 Å². The number of hydrogen-bond acceptors (Lipinski definition) is 4. The van der Waals surface area contributed by atoms with Gasteiger partial charge in [0, 0.05) is 13.7 Å². The molecule has 0 aliphatic rings. The van der Waals surface area contributed by atoms with Crippen LogP contribution in [-0.2, 0) is 17.9 Å². The van der Waals surface area contributed by atoms with Crippen molar-refractivity contribution in [3.05, 3.63) is 23.7 Å². The molecule has 0 fully saturated rings. The van der Waals surface area contributed by atoms with Crippen molar-refractivity contribution in [2.45, 2.75) is 39.0 Å². The van der Waals surface area contributed by atoms with E-state index in [-0.39, 0.29) is 0 Å². The highest BCUT2D eigenvalue weighted by Crippen LogP contribution is 2.10. The van der Waals surface area contributed by atoms with Crippen LogP contribution < -0.4 is 5.32 Å². The number of hydrogen-bond donors (Lipinski definition) is 2. The van der Waals surface area contributed by atoms with Gasteiger partial charge in [-0.05, 0) is 25.5 Å². The molecule has 1 heterocycles. The summed E-state index contributed by atoms with van der Waals surface area (Å²) in [6, 6.07) is 3.82. The maximum absolute atomic E-state index is 9.78. The van der Waals surface area contributed by atoms with Gasteiger partial charge in [-0.25, -0.2) is 0 Å². The first kappa shape index (κ1) is 13.2. The Morgan fingerprint density at radius 3 is 2.75 bits per heavy atom. The molecule has 92 valence electrons. The predicted molar refractivity (Wildman–Crippen MR) is 62.0 cm³/mol. The fraction of sp³-hybridized carbons (Fsp3) is 0.667. The maximum atomic E-state index is 9.78. The van der Waals surface area contributed by atoms with Crippen molar-refractivity contribution in [3.8, 4) is 0 Å². The summed E-state index contributed by atoms with van der Waals surface area (Å²) in [7, 11) is 1.64. The van der Waals surface area contributed by atoms with Gasteiger partial charge in [0.05, 0.1) is 12.1 Å². The predicted octanol–water partition coefficient (Wildman–Crippen LogP) is 1.68. The van der Waals surface area contributed by atoms with E-state index >= 15 is 0 Å². The molecule has 0 spiro atoms. The Morgan fingerprint density at radius 1 is 1.44 bits per heavy atom. The Balaban J connectivity index is 2.31. The number of aliphatic hydroxyl groups is 1. The topological polar surface area (TPSA) is 54.6 Å². The van der Waals surface area contributed by atoms with Crippen molar-refractivity contribution in [2.75, 3.05) is 13.7 Å². The highest BCUT2D eigenvalue weighted by atomic mass is 16.5. The van der Waals surface area contributed by atoms with Crippen molar-refractivity contribution in [1.29, 1.82) is 0 Å². The molecule has 0 aliphatic heterocycles. The number of furan rings is 1. The largest absolute Gasteiger partial charge is 0.462 e. The van der Waals surface area contributed by atoms with Gasteiger partial charge in [0.15, 0.2) is 0 Å². The summed E-state index contributed by atoms with van der Waals surface area (Å²) < 4.78 is 10.5. The highest BCUT2D eigenvalue weighted by molar-refractivity contribution is 5.06. The van der Waals surface area contributed by atoms with Crippen LogP contribution in [0, 0.1) is 0 Å². The SMILES string of the molecule is CCC(C)(O)CNCc1ccc(COC)o1. The van der Waals surface area contributed by atoms with Crippen LogP contribution >= 0.6 is 0 Å². The summed E-state index contributed by atoms with van der Waals surface area (Å²) in [4.78, 5) is 0. The Morgan fingerprint density at radius 2 is 2.12 bits per heavy atom. The molecule has 0 saturated heterocycles. The molecule has 0 aromatic carbocycles. The van der Waals surface area contributed by atoms with Gasteiger partial charge >= 0.3 is 0 Å². The summed E-state index contributed by atoms with van der Waals surface area (Å²) in [5.74, 6) is 1.68.